The molecule has 0 spiro atoms. The third kappa shape index (κ3) is 4.66. The van der Waals surface area contributed by atoms with Crippen molar-refractivity contribution < 1.29 is 44.4 Å². The van der Waals surface area contributed by atoms with Gasteiger partial charge in [0.05, 0.1) is 18.2 Å². The van der Waals surface area contributed by atoms with Crippen molar-refractivity contribution in [3.05, 3.63) is 51.5 Å². The van der Waals surface area contributed by atoms with E-state index in [1.54, 1.807) is 31.3 Å². The number of aliphatic hydroxyl groups excluding tert-OH is 2. The number of benzene rings is 1. The first kappa shape index (κ1) is 29.7. The van der Waals surface area contributed by atoms with Crippen LogP contribution in [0.3, 0.4) is 0 Å². The van der Waals surface area contributed by atoms with Gasteiger partial charge in [0.25, 0.3) is 5.91 Å². The van der Waals surface area contributed by atoms with Gasteiger partial charge in [0.1, 0.15) is 29.4 Å². The number of aliphatic hydroxyl groups is 3. The number of aromatic hydroxyl groups is 1. The molecule has 0 radical (unpaired) electrons. The summed E-state index contributed by atoms with van der Waals surface area (Å²) in [6, 6.07) is 2.34. The first-order valence-electron chi connectivity index (χ1n) is 13.9. The highest BCUT2D eigenvalue weighted by molar-refractivity contribution is 6.24. The van der Waals surface area contributed by atoms with Crippen molar-refractivity contribution in [2.45, 2.75) is 37.8 Å². The fraction of sp³-hybridized carbons (Fsp3) is 0.517. The quantitative estimate of drug-likeness (QED) is 0.229. The number of phenols is 1. The predicted molar refractivity (Wildman–Crippen MR) is 147 cm³/mol. The van der Waals surface area contributed by atoms with Crippen molar-refractivity contribution in [1.82, 2.24) is 15.3 Å². The van der Waals surface area contributed by atoms with Crippen molar-refractivity contribution in [1.29, 1.82) is 0 Å². The summed E-state index contributed by atoms with van der Waals surface area (Å²) in [7, 11) is 3.16. The number of rotatable bonds is 7. The van der Waals surface area contributed by atoms with E-state index < -0.39 is 58.0 Å². The lowest BCUT2D eigenvalue weighted by Crippen LogP contribution is -2.63. The summed E-state index contributed by atoms with van der Waals surface area (Å²) in [5.41, 5.74) is 2.48. The van der Waals surface area contributed by atoms with Crippen LogP contribution in [0.25, 0.3) is 0 Å². The van der Waals surface area contributed by atoms with Gasteiger partial charge < -0.3 is 31.5 Å². The molecule has 4 aliphatic rings. The van der Waals surface area contributed by atoms with Gasteiger partial charge in [0.15, 0.2) is 11.4 Å². The van der Waals surface area contributed by atoms with Crippen molar-refractivity contribution in [2.24, 2.45) is 23.5 Å². The van der Waals surface area contributed by atoms with Crippen LogP contribution in [0.5, 0.6) is 5.75 Å². The Morgan fingerprint density at radius 1 is 1.21 bits per heavy atom. The topological polar surface area (TPSA) is 203 Å². The van der Waals surface area contributed by atoms with Crippen molar-refractivity contribution >= 4 is 23.4 Å². The predicted octanol–water partition coefficient (Wildman–Crippen LogP) is -0.337. The van der Waals surface area contributed by atoms with Crippen LogP contribution in [0.1, 0.15) is 34.8 Å². The molecule has 1 aliphatic heterocycles. The maximum atomic E-state index is 13.8. The van der Waals surface area contributed by atoms with Crippen LogP contribution in [-0.4, -0.2) is 106 Å². The molecule has 3 aliphatic carbocycles. The molecule has 1 heterocycles. The highest BCUT2D eigenvalue weighted by Gasteiger charge is 2.63. The maximum absolute atomic E-state index is 13.8. The third-order valence-electron chi connectivity index (χ3n) is 8.77. The van der Waals surface area contributed by atoms with E-state index in [9.17, 15) is 39.6 Å². The Balaban J connectivity index is 1.42. The minimum absolute atomic E-state index is 0.0276. The summed E-state index contributed by atoms with van der Waals surface area (Å²) >= 11 is 0. The van der Waals surface area contributed by atoms with Gasteiger partial charge in [-0.05, 0) is 56.3 Å². The lowest BCUT2D eigenvalue weighted by atomic mass is 9.58. The molecule has 226 valence electrons. The number of nitrogens with two attached hydrogens (primary N) is 1. The zero-order valence-corrected chi connectivity index (χ0v) is 23.7. The lowest BCUT2D eigenvalue weighted by molar-refractivity contribution is -0.148. The number of hydrogen-bond donors (Lipinski definition) is 6. The minimum Gasteiger partial charge on any atom is -0.510 e. The van der Waals surface area contributed by atoms with Gasteiger partial charge >= 0.3 is 0 Å². The molecule has 0 aromatic heterocycles. The number of likely N-dealkylation sites (N-methyl/N-ethyl adjacent to an activating group) is 1. The first-order chi connectivity index (χ1) is 19.8. The molecule has 13 nitrogen and oxygen atoms in total. The number of primary amides is 1. The molecule has 2 amide bonds. The number of hydroxylamine groups is 2. The van der Waals surface area contributed by atoms with E-state index in [4.69, 9.17) is 10.6 Å². The molecule has 5 rings (SSSR count). The molecular weight excluding hydrogens is 548 g/mol. The molecule has 0 saturated carbocycles. The number of nitrogens with one attached hydrogen (secondary N) is 1. The number of carbonyl (C=O) groups excluding carboxylic acids is 4. The van der Waals surface area contributed by atoms with E-state index in [-0.39, 0.29) is 55.1 Å². The van der Waals surface area contributed by atoms with Gasteiger partial charge in [-0.3, -0.25) is 28.9 Å². The second-order valence-corrected chi connectivity index (χ2v) is 11.9. The second kappa shape index (κ2) is 10.8. The fourth-order valence-corrected chi connectivity index (χ4v) is 6.82. The Morgan fingerprint density at radius 3 is 2.55 bits per heavy atom. The monoisotopic (exact) mass is 584 g/mol. The van der Waals surface area contributed by atoms with E-state index >= 15 is 0 Å². The van der Waals surface area contributed by atoms with E-state index in [1.807, 2.05) is 6.92 Å². The maximum Gasteiger partial charge on any atom is 0.255 e. The van der Waals surface area contributed by atoms with E-state index in [0.717, 1.165) is 0 Å². The molecule has 7 N–H and O–H groups in total. The Labute approximate surface area is 242 Å². The Bertz CT molecular complexity index is 1430. The number of phenolic OH excluding ortho intramolecular Hbond substituents is 1. The van der Waals surface area contributed by atoms with Crippen LogP contribution in [0.2, 0.25) is 0 Å². The summed E-state index contributed by atoms with van der Waals surface area (Å²) in [6.45, 7) is 3.51. The van der Waals surface area contributed by atoms with Crippen molar-refractivity contribution in [3.63, 3.8) is 0 Å². The summed E-state index contributed by atoms with van der Waals surface area (Å²) in [4.78, 5) is 58.5. The van der Waals surface area contributed by atoms with Crippen LogP contribution in [0.15, 0.2) is 34.8 Å². The summed E-state index contributed by atoms with van der Waals surface area (Å²) in [5, 5.41) is 49.4. The number of allylic oxidation sites excluding steroid dienone is 1. The molecule has 1 aromatic rings. The van der Waals surface area contributed by atoms with Gasteiger partial charge in [0.2, 0.25) is 11.7 Å². The minimum atomic E-state index is -2.68. The van der Waals surface area contributed by atoms with E-state index in [2.05, 4.69) is 5.32 Å². The zero-order valence-electron chi connectivity index (χ0n) is 23.7. The van der Waals surface area contributed by atoms with Crippen LogP contribution < -0.4 is 11.1 Å². The van der Waals surface area contributed by atoms with Gasteiger partial charge in [-0.25, -0.2) is 0 Å². The number of fused-ring (bicyclic) bond motifs is 3. The number of ketones is 2. The summed E-state index contributed by atoms with van der Waals surface area (Å²) < 4.78 is 0. The molecule has 3 unspecified atom stereocenters. The zero-order chi connectivity index (χ0) is 30.7. The smallest absolute Gasteiger partial charge is 0.255 e. The number of nitrogens with zero attached hydrogens (tertiary/aromatic N) is 2. The molecule has 13 heteroatoms. The molecule has 5 atom stereocenters. The Kier molecular flexibility index (Phi) is 7.64. The normalized spacial score (nSPS) is 29.5. The summed E-state index contributed by atoms with van der Waals surface area (Å²) in [6.07, 6.45) is 0.456. The van der Waals surface area contributed by atoms with Crippen LogP contribution in [-0.2, 0) is 32.1 Å². The van der Waals surface area contributed by atoms with Gasteiger partial charge in [-0.15, -0.1) is 0 Å². The standard InChI is InChI=1S/C29H36N4O9/c1-13-10-33(42-12-13)11-18(34)31-7-6-14-4-5-15-8-16-9-17-22(32(2)3)25(37)21(28(30)40)27(39)29(17,41)26(38)20(16)24(36)19(15)23(14)35/h4-5,13,16-17,22,35,37-38,41H,6-12H2,1-3H3,(H2,30,40)(H,31,34)/t13?,16?,17?,22-,29-/m0/s1. The van der Waals surface area contributed by atoms with E-state index in [0.29, 0.717) is 30.2 Å². The van der Waals surface area contributed by atoms with Crippen LogP contribution in [0.4, 0.5) is 0 Å². The van der Waals surface area contributed by atoms with Gasteiger partial charge in [-0.1, -0.05) is 19.1 Å². The molecule has 1 fully saturated rings. The second-order valence-electron chi connectivity index (χ2n) is 11.9. The highest BCUT2D eigenvalue weighted by atomic mass is 16.7. The van der Waals surface area contributed by atoms with Crippen molar-refractivity contribution in [2.75, 3.05) is 40.3 Å². The molecule has 0 bridgehead atoms. The SMILES string of the molecule is CC1CON(CC(=O)NCCc2ccc3c(c2O)C(=O)C2=C(O)[C@]4(O)C(=O)C(C(N)=O)=C(O)[C@@H](N(C)C)C4CC2C3)C1. The number of Topliss-reactive ketones (excluding diaryl/α,β-unsaturated/α-hetero) is 2. The highest BCUT2D eigenvalue weighted by Crippen LogP contribution is 2.52. The third-order valence-corrected chi connectivity index (χ3v) is 8.77. The average molecular weight is 585 g/mol. The largest absolute Gasteiger partial charge is 0.510 e. The molecule has 42 heavy (non-hydrogen) atoms. The molecular formula is C29H36N4O9. The van der Waals surface area contributed by atoms with Crippen LogP contribution in [0, 0.1) is 17.8 Å². The molecule has 1 saturated heterocycles. The molecule has 1 aromatic carbocycles. The fourth-order valence-electron chi connectivity index (χ4n) is 6.82. The number of hydrogen-bond acceptors (Lipinski definition) is 11. The summed E-state index contributed by atoms with van der Waals surface area (Å²) in [5.74, 6) is -6.73. The van der Waals surface area contributed by atoms with Gasteiger partial charge in [0, 0.05) is 24.6 Å². The lowest BCUT2D eigenvalue weighted by Gasteiger charge is -2.50. The first-order valence-corrected chi connectivity index (χ1v) is 13.9. The van der Waals surface area contributed by atoms with E-state index in [1.165, 1.54) is 4.90 Å². The van der Waals surface area contributed by atoms with Gasteiger partial charge in [-0.2, -0.15) is 5.06 Å². The Hall–Kier alpha value is -3.78. The average Bonchev–Trinajstić information content (AvgIpc) is 3.31. The number of carbonyl (C=O) groups is 4. The van der Waals surface area contributed by atoms with Crippen molar-refractivity contribution in [3.8, 4) is 5.75 Å². The Morgan fingerprint density at radius 2 is 1.93 bits per heavy atom. The van der Waals surface area contributed by atoms with Crippen LogP contribution >= 0.6 is 0 Å². The number of amides is 2.